The fourth-order valence-electron chi connectivity index (χ4n) is 4.42. The van der Waals surface area contributed by atoms with Gasteiger partial charge in [-0.15, -0.1) is 0 Å². The number of aromatic amines is 1. The van der Waals surface area contributed by atoms with Gasteiger partial charge in [-0.25, -0.2) is 8.42 Å². The van der Waals surface area contributed by atoms with Crippen molar-refractivity contribution in [2.45, 2.75) is 32.9 Å². The second-order valence-corrected chi connectivity index (χ2v) is 10.4. The van der Waals surface area contributed by atoms with Crippen molar-refractivity contribution >= 4 is 32.5 Å². The van der Waals surface area contributed by atoms with E-state index in [-0.39, 0.29) is 0 Å². The van der Waals surface area contributed by atoms with Gasteiger partial charge in [-0.1, -0.05) is 67.9 Å². The Morgan fingerprint density at radius 3 is 2.41 bits per heavy atom. The van der Waals surface area contributed by atoms with Crippen LogP contribution in [0.3, 0.4) is 0 Å². The number of benzene rings is 3. The third kappa shape index (κ3) is 4.99. The molecule has 0 spiro atoms. The molecule has 0 fully saturated rings. The van der Waals surface area contributed by atoms with Gasteiger partial charge in [-0.05, 0) is 53.4 Å². The fourth-order valence-corrected chi connectivity index (χ4v) is 5.62. The monoisotopic (exact) mass is 496 g/mol. The number of nitrogens with zero attached hydrogens (tertiary/aromatic N) is 1. The second-order valence-electron chi connectivity index (χ2n) is 8.08. The van der Waals surface area contributed by atoms with Crippen LogP contribution in [0.4, 0.5) is 0 Å². The molecule has 34 heavy (non-hydrogen) atoms. The maximum Gasteiger partial charge on any atom is 0.212 e. The molecule has 1 unspecified atom stereocenters. The zero-order chi connectivity index (χ0) is 24.3. The van der Waals surface area contributed by atoms with Gasteiger partial charge < -0.3 is 9.72 Å². The average molecular weight is 497 g/mol. The number of sulfonamides is 1. The Balaban J connectivity index is 0.00000133. The van der Waals surface area contributed by atoms with Gasteiger partial charge in [-0.2, -0.15) is 4.31 Å². The van der Waals surface area contributed by atoms with Crippen LogP contribution in [0.1, 0.15) is 42.3 Å². The van der Waals surface area contributed by atoms with Gasteiger partial charge in [0.1, 0.15) is 12.4 Å². The van der Waals surface area contributed by atoms with Crippen LogP contribution in [0.15, 0.2) is 72.8 Å². The number of H-pyrrole nitrogens is 1. The lowest BCUT2D eigenvalue weighted by Gasteiger charge is -2.34. The highest BCUT2D eigenvalue weighted by Gasteiger charge is 2.36. The van der Waals surface area contributed by atoms with Gasteiger partial charge in [0.05, 0.1) is 12.3 Å². The van der Waals surface area contributed by atoms with Crippen molar-refractivity contribution in [3.8, 4) is 5.75 Å². The standard InChI is InChI=1S/C25H23ClN2O3S.C2H6/c1-32(29,30)28-14-13-21-22-15-19(26)9-12-23(22)27-24(21)25(28)18-7-10-20(11-8-18)31-16-17-5-3-2-4-6-17;1-2/h2-12,15,25,27H,13-14,16H2,1H3;1-2H3. The Kier molecular flexibility index (Phi) is 7.31. The minimum Gasteiger partial charge on any atom is -0.489 e. The molecule has 178 valence electrons. The molecule has 5 rings (SSSR count). The van der Waals surface area contributed by atoms with E-state index in [1.165, 1.54) is 6.26 Å². The predicted octanol–water partition coefficient (Wildman–Crippen LogP) is 6.33. The highest BCUT2D eigenvalue weighted by Crippen LogP contribution is 2.40. The molecule has 0 amide bonds. The van der Waals surface area contributed by atoms with Crippen LogP contribution < -0.4 is 4.74 Å². The summed E-state index contributed by atoms with van der Waals surface area (Å²) in [6.07, 6.45) is 1.90. The maximum absolute atomic E-state index is 12.6. The summed E-state index contributed by atoms with van der Waals surface area (Å²) in [5.74, 6) is 0.739. The van der Waals surface area contributed by atoms with Gasteiger partial charge in [0.15, 0.2) is 0 Å². The van der Waals surface area contributed by atoms with Crippen molar-refractivity contribution in [1.82, 2.24) is 9.29 Å². The molecule has 1 atom stereocenters. The van der Waals surface area contributed by atoms with Gasteiger partial charge >= 0.3 is 0 Å². The minimum atomic E-state index is -3.41. The summed E-state index contributed by atoms with van der Waals surface area (Å²) in [6.45, 7) is 4.90. The molecule has 4 aromatic rings. The fraction of sp³-hybridized carbons (Fsp3) is 0.259. The number of aromatic nitrogens is 1. The molecule has 0 bridgehead atoms. The largest absolute Gasteiger partial charge is 0.489 e. The van der Waals surface area contributed by atoms with E-state index in [0.29, 0.717) is 24.6 Å². The summed E-state index contributed by atoms with van der Waals surface area (Å²) in [7, 11) is -3.41. The number of halogens is 1. The number of nitrogens with one attached hydrogen (secondary N) is 1. The van der Waals surface area contributed by atoms with E-state index in [1.807, 2.05) is 86.6 Å². The van der Waals surface area contributed by atoms with Crippen molar-refractivity contribution in [2.24, 2.45) is 0 Å². The Morgan fingerprint density at radius 1 is 1.03 bits per heavy atom. The zero-order valence-corrected chi connectivity index (χ0v) is 21.2. The van der Waals surface area contributed by atoms with Crippen LogP contribution in [-0.4, -0.2) is 30.5 Å². The van der Waals surface area contributed by atoms with E-state index in [9.17, 15) is 8.42 Å². The van der Waals surface area contributed by atoms with Gasteiger partial charge in [0.2, 0.25) is 10.0 Å². The lowest BCUT2D eigenvalue weighted by Crippen LogP contribution is -2.39. The molecule has 2 heterocycles. The average Bonchev–Trinajstić information content (AvgIpc) is 3.22. The van der Waals surface area contributed by atoms with Gasteiger partial charge in [0.25, 0.3) is 0 Å². The number of rotatable bonds is 5. The van der Waals surface area contributed by atoms with E-state index in [0.717, 1.165) is 39.0 Å². The van der Waals surface area contributed by atoms with E-state index in [2.05, 4.69) is 4.98 Å². The molecule has 1 aliphatic heterocycles. The first-order valence-corrected chi connectivity index (χ1v) is 13.7. The molecule has 5 nitrogen and oxygen atoms in total. The summed E-state index contributed by atoms with van der Waals surface area (Å²) in [4.78, 5) is 3.46. The van der Waals surface area contributed by atoms with Crippen LogP contribution in [0.2, 0.25) is 5.02 Å². The van der Waals surface area contributed by atoms with Crippen molar-refractivity contribution in [3.05, 3.63) is 100 Å². The molecule has 7 heteroatoms. The number of ether oxygens (including phenoxy) is 1. The molecule has 0 saturated carbocycles. The van der Waals surface area contributed by atoms with E-state index in [1.54, 1.807) is 4.31 Å². The Morgan fingerprint density at radius 2 is 1.74 bits per heavy atom. The van der Waals surface area contributed by atoms with Crippen LogP contribution in [0.5, 0.6) is 5.75 Å². The topological polar surface area (TPSA) is 62.4 Å². The minimum absolute atomic E-state index is 0.419. The second kappa shape index (κ2) is 10.2. The van der Waals surface area contributed by atoms with Crippen molar-refractivity contribution in [3.63, 3.8) is 0 Å². The first-order valence-electron chi connectivity index (χ1n) is 11.4. The third-order valence-corrected chi connectivity index (χ3v) is 7.40. The third-order valence-electron chi connectivity index (χ3n) is 5.91. The first kappa shape index (κ1) is 24.3. The molecular formula is C27H29ClN2O3S. The Hall–Kier alpha value is -2.80. The lowest BCUT2D eigenvalue weighted by atomic mass is 9.94. The number of hydrogen-bond donors (Lipinski definition) is 1. The summed E-state index contributed by atoms with van der Waals surface area (Å²) in [5, 5.41) is 1.72. The van der Waals surface area contributed by atoms with Crippen LogP contribution in [-0.2, 0) is 23.1 Å². The summed E-state index contributed by atoms with van der Waals surface area (Å²) in [5.41, 5.74) is 4.96. The normalized spacial score (nSPS) is 15.9. The zero-order valence-electron chi connectivity index (χ0n) is 19.6. The van der Waals surface area contributed by atoms with Crippen LogP contribution in [0.25, 0.3) is 10.9 Å². The smallest absolute Gasteiger partial charge is 0.212 e. The maximum atomic E-state index is 12.6. The van der Waals surface area contributed by atoms with Crippen molar-refractivity contribution in [2.75, 3.05) is 12.8 Å². The molecule has 1 aliphatic rings. The Bertz CT molecular complexity index is 1370. The number of hydrogen-bond acceptors (Lipinski definition) is 3. The quantitative estimate of drug-likeness (QED) is 0.351. The summed E-state index contributed by atoms with van der Waals surface area (Å²) >= 11 is 6.23. The molecule has 1 aromatic heterocycles. The number of fused-ring (bicyclic) bond motifs is 3. The Labute approximate surface area is 206 Å². The molecule has 3 aromatic carbocycles. The SMILES string of the molecule is CC.CS(=O)(=O)N1CCc2c([nH]c3ccc(Cl)cc23)C1c1ccc(OCc2ccccc2)cc1. The molecule has 1 N–H and O–H groups in total. The lowest BCUT2D eigenvalue weighted by molar-refractivity contribution is 0.305. The highest BCUT2D eigenvalue weighted by molar-refractivity contribution is 7.88. The van der Waals surface area contributed by atoms with Crippen LogP contribution in [0, 0.1) is 0 Å². The van der Waals surface area contributed by atoms with E-state index >= 15 is 0 Å². The van der Waals surface area contributed by atoms with Crippen molar-refractivity contribution < 1.29 is 13.2 Å². The highest BCUT2D eigenvalue weighted by atomic mass is 35.5. The molecule has 0 aliphatic carbocycles. The summed E-state index contributed by atoms with van der Waals surface area (Å²) < 4.78 is 32.7. The van der Waals surface area contributed by atoms with E-state index < -0.39 is 16.1 Å². The van der Waals surface area contributed by atoms with E-state index in [4.69, 9.17) is 16.3 Å². The molecule has 0 saturated heterocycles. The first-order chi connectivity index (χ1) is 16.4. The van der Waals surface area contributed by atoms with Crippen LogP contribution >= 0.6 is 11.6 Å². The predicted molar refractivity (Wildman–Crippen MR) is 139 cm³/mol. The van der Waals surface area contributed by atoms with Crippen molar-refractivity contribution in [1.29, 1.82) is 0 Å². The molecule has 0 radical (unpaired) electrons. The summed E-state index contributed by atoms with van der Waals surface area (Å²) in [6, 6.07) is 22.9. The molecular weight excluding hydrogens is 468 g/mol. The van der Waals surface area contributed by atoms with Gasteiger partial charge in [-0.3, -0.25) is 0 Å². The van der Waals surface area contributed by atoms with Gasteiger partial charge in [0, 0.05) is 28.2 Å².